The van der Waals surface area contributed by atoms with Gasteiger partial charge in [-0.25, -0.2) is 8.78 Å². The molecule has 0 spiro atoms. The van der Waals surface area contributed by atoms with Gasteiger partial charge < -0.3 is 10.6 Å². The summed E-state index contributed by atoms with van der Waals surface area (Å²) < 4.78 is 26.3. The third-order valence-electron chi connectivity index (χ3n) is 2.82. The van der Waals surface area contributed by atoms with Gasteiger partial charge in [-0.05, 0) is 18.9 Å². The zero-order chi connectivity index (χ0) is 14.6. The van der Waals surface area contributed by atoms with E-state index in [-0.39, 0.29) is 29.2 Å². The molecule has 1 amide bonds. The lowest BCUT2D eigenvalue weighted by atomic mass is 10.1. The SMILES string of the molecule is CC(C)C(C)NC(=O)CNc1c(F)cc(F)cc1Cl. The standard InChI is InChI=1S/C13H17ClF2N2O/c1-7(2)8(3)18-12(19)6-17-13-10(14)4-9(15)5-11(13)16/h4-5,7-8,17H,6H2,1-3H3,(H,18,19). The van der Waals surface area contributed by atoms with Crippen LogP contribution in [0.1, 0.15) is 20.8 Å². The van der Waals surface area contributed by atoms with Crippen LogP contribution >= 0.6 is 11.6 Å². The fraction of sp³-hybridized carbons (Fsp3) is 0.462. The normalized spacial score (nSPS) is 12.4. The van der Waals surface area contributed by atoms with Crippen LogP contribution in [0.15, 0.2) is 12.1 Å². The van der Waals surface area contributed by atoms with Crippen molar-refractivity contribution in [2.45, 2.75) is 26.8 Å². The molecule has 0 aliphatic carbocycles. The van der Waals surface area contributed by atoms with E-state index >= 15 is 0 Å². The number of hydrogen-bond donors (Lipinski definition) is 2. The second-order valence-electron chi connectivity index (χ2n) is 4.70. The summed E-state index contributed by atoms with van der Waals surface area (Å²) >= 11 is 5.70. The molecule has 0 aliphatic heterocycles. The molecule has 0 radical (unpaired) electrons. The van der Waals surface area contributed by atoms with Gasteiger partial charge in [0.1, 0.15) is 5.82 Å². The topological polar surface area (TPSA) is 41.1 Å². The highest BCUT2D eigenvalue weighted by atomic mass is 35.5. The predicted octanol–water partition coefficient (Wildman–Crippen LogP) is 3.19. The first-order valence-corrected chi connectivity index (χ1v) is 6.36. The Labute approximate surface area is 116 Å². The number of nitrogens with one attached hydrogen (secondary N) is 2. The van der Waals surface area contributed by atoms with E-state index < -0.39 is 11.6 Å². The molecule has 0 saturated carbocycles. The maximum Gasteiger partial charge on any atom is 0.239 e. The van der Waals surface area contributed by atoms with Gasteiger partial charge in [-0.3, -0.25) is 4.79 Å². The Hall–Kier alpha value is -1.36. The minimum atomic E-state index is -0.824. The van der Waals surface area contributed by atoms with Crippen LogP contribution in [0.3, 0.4) is 0 Å². The van der Waals surface area contributed by atoms with Gasteiger partial charge in [0.2, 0.25) is 5.91 Å². The van der Waals surface area contributed by atoms with Gasteiger partial charge in [0.25, 0.3) is 0 Å². The lowest BCUT2D eigenvalue weighted by Gasteiger charge is -2.18. The van der Waals surface area contributed by atoms with Gasteiger partial charge >= 0.3 is 0 Å². The Kier molecular flexibility index (Phi) is 5.54. The quantitative estimate of drug-likeness (QED) is 0.874. The number of rotatable bonds is 5. The van der Waals surface area contributed by atoms with Gasteiger partial charge in [0, 0.05) is 12.1 Å². The summed E-state index contributed by atoms with van der Waals surface area (Å²) in [4.78, 5) is 11.6. The maximum atomic E-state index is 13.4. The number of carbonyl (C=O) groups excluding carboxylic acids is 1. The molecule has 2 N–H and O–H groups in total. The molecule has 1 rings (SSSR count). The highest BCUT2D eigenvalue weighted by Crippen LogP contribution is 2.25. The molecular formula is C13H17ClF2N2O. The molecule has 0 saturated heterocycles. The Morgan fingerprint density at radius 1 is 1.32 bits per heavy atom. The maximum absolute atomic E-state index is 13.4. The molecule has 0 fully saturated rings. The average molecular weight is 291 g/mol. The summed E-state index contributed by atoms with van der Waals surface area (Å²) in [5, 5.41) is 5.23. The largest absolute Gasteiger partial charge is 0.373 e. The van der Waals surface area contributed by atoms with Crippen molar-refractivity contribution >= 4 is 23.2 Å². The van der Waals surface area contributed by atoms with E-state index in [1.54, 1.807) is 0 Å². The Morgan fingerprint density at radius 2 is 1.95 bits per heavy atom. The van der Waals surface area contributed by atoms with Gasteiger partial charge in [0.15, 0.2) is 5.82 Å². The van der Waals surface area contributed by atoms with Crippen LogP contribution in [0, 0.1) is 17.6 Å². The summed E-state index contributed by atoms with van der Waals surface area (Å²) in [6, 6.07) is 1.72. The molecule has 0 heterocycles. The fourth-order valence-electron chi connectivity index (χ4n) is 1.35. The minimum absolute atomic E-state index is 0.0165. The molecule has 6 heteroatoms. The van der Waals surface area contributed by atoms with Crippen molar-refractivity contribution in [3.63, 3.8) is 0 Å². The van der Waals surface area contributed by atoms with Crippen LogP contribution < -0.4 is 10.6 Å². The van der Waals surface area contributed by atoms with Gasteiger partial charge in [0.05, 0.1) is 17.3 Å². The number of hydrogen-bond acceptors (Lipinski definition) is 2. The number of anilines is 1. The molecule has 3 nitrogen and oxygen atoms in total. The molecule has 1 atom stereocenters. The number of carbonyl (C=O) groups is 1. The molecule has 0 aromatic heterocycles. The fourth-order valence-corrected chi connectivity index (χ4v) is 1.61. The van der Waals surface area contributed by atoms with Crippen LogP contribution in [0.5, 0.6) is 0 Å². The monoisotopic (exact) mass is 290 g/mol. The zero-order valence-corrected chi connectivity index (χ0v) is 11.8. The van der Waals surface area contributed by atoms with Crippen LogP contribution in [0.25, 0.3) is 0 Å². The van der Waals surface area contributed by atoms with Crippen LogP contribution in [-0.4, -0.2) is 18.5 Å². The summed E-state index contributed by atoms with van der Waals surface area (Å²) in [6.45, 7) is 5.72. The van der Waals surface area contributed by atoms with E-state index in [1.807, 2.05) is 20.8 Å². The first kappa shape index (κ1) is 15.7. The molecule has 1 aromatic rings. The van der Waals surface area contributed by atoms with E-state index in [1.165, 1.54) is 0 Å². The molecule has 106 valence electrons. The van der Waals surface area contributed by atoms with E-state index in [0.717, 1.165) is 6.07 Å². The summed E-state index contributed by atoms with van der Waals surface area (Å²) in [5.41, 5.74) is -0.0737. The van der Waals surface area contributed by atoms with Crippen molar-refractivity contribution in [1.82, 2.24) is 5.32 Å². The lowest BCUT2D eigenvalue weighted by Crippen LogP contribution is -2.39. The van der Waals surface area contributed by atoms with Crippen molar-refractivity contribution < 1.29 is 13.6 Å². The molecule has 0 bridgehead atoms. The lowest BCUT2D eigenvalue weighted by molar-refractivity contribution is -0.120. The van der Waals surface area contributed by atoms with Gasteiger partial charge in [-0.15, -0.1) is 0 Å². The predicted molar refractivity (Wildman–Crippen MR) is 72.3 cm³/mol. The van der Waals surface area contributed by atoms with Crippen molar-refractivity contribution in [2.75, 3.05) is 11.9 Å². The third kappa shape index (κ3) is 4.67. The second kappa shape index (κ2) is 6.70. The molecule has 19 heavy (non-hydrogen) atoms. The van der Waals surface area contributed by atoms with Crippen LogP contribution in [-0.2, 0) is 4.79 Å². The second-order valence-corrected chi connectivity index (χ2v) is 5.11. The van der Waals surface area contributed by atoms with Crippen molar-refractivity contribution in [2.24, 2.45) is 5.92 Å². The zero-order valence-electron chi connectivity index (χ0n) is 11.1. The molecule has 1 aromatic carbocycles. The highest BCUT2D eigenvalue weighted by molar-refractivity contribution is 6.33. The van der Waals surface area contributed by atoms with Crippen molar-refractivity contribution in [3.05, 3.63) is 28.8 Å². The first-order chi connectivity index (χ1) is 8.81. The van der Waals surface area contributed by atoms with Crippen LogP contribution in [0.2, 0.25) is 5.02 Å². The number of halogens is 3. The Morgan fingerprint density at radius 3 is 2.47 bits per heavy atom. The number of amides is 1. The van der Waals surface area contributed by atoms with Crippen molar-refractivity contribution in [1.29, 1.82) is 0 Å². The van der Waals surface area contributed by atoms with E-state index in [2.05, 4.69) is 10.6 Å². The van der Waals surface area contributed by atoms with Crippen molar-refractivity contribution in [3.8, 4) is 0 Å². The minimum Gasteiger partial charge on any atom is -0.373 e. The van der Waals surface area contributed by atoms with E-state index in [4.69, 9.17) is 11.6 Å². The summed E-state index contributed by atoms with van der Waals surface area (Å²) in [7, 11) is 0. The summed E-state index contributed by atoms with van der Waals surface area (Å²) in [5.74, 6) is -1.56. The van der Waals surface area contributed by atoms with Crippen LogP contribution in [0.4, 0.5) is 14.5 Å². The van der Waals surface area contributed by atoms with E-state index in [9.17, 15) is 13.6 Å². The highest BCUT2D eigenvalue weighted by Gasteiger charge is 2.13. The smallest absolute Gasteiger partial charge is 0.239 e. The Bertz CT molecular complexity index is 443. The van der Waals surface area contributed by atoms with E-state index in [0.29, 0.717) is 12.0 Å². The first-order valence-electron chi connectivity index (χ1n) is 5.99. The number of benzene rings is 1. The Balaban J connectivity index is 2.60. The van der Waals surface area contributed by atoms with Gasteiger partial charge in [-0.1, -0.05) is 25.4 Å². The van der Waals surface area contributed by atoms with Gasteiger partial charge in [-0.2, -0.15) is 0 Å². The molecule has 1 unspecified atom stereocenters. The summed E-state index contributed by atoms with van der Waals surface area (Å²) in [6.07, 6.45) is 0. The molecular weight excluding hydrogens is 274 g/mol. The molecule has 0 aliphatic rings. The average Bonchev–Trinajstić information content (AvgIpc) is 2.27. The third-order valence-corrected chi connectivity index (χ3v) is 3.12.